The highest BCUT2D eigenvalue weighted by molar-refractivity contribution is 6.30. The molecule has 24 heavy (non-hydrogen) atoms. The molecule has 0 bridgehead atoms. The summed E-state index contributed by atoms with van der Waals surface area (Å²) in [5, 5.41) is 22.6. The molecule has 0 radical (unpaired) electrons. The van der Waals surface area contributed by atoms with Gasteiger partial charge in [-0.15, -0.1) is 0 Å². The van der Waals surface area contributed by atoms with Crippen molar-refractivity contribution in [2.75, 3.05) is 0 Å². The number of aliphatic imine (C=N–C) groups is 1. The fraction of sp³-hybridized carbons (Fsp3) is 0.235. The lowest BCUT2D eigenvalue weighted by atomic mass is 9.96. The van der Waals surface area contributed by atoms with E-state index in [4.69, 9.17) is 11.6 Å². The Morgan fingerprint density at radius 1 is 1.42 bits per heavy atom. The molecule has 3 rings (SSSR count). The van der Waals surface area contributed by atoms with Gasteiger partial charge in [0.15, 0.2) is 5.82 Å². The standard InChI is InChI=1S/C17H15ClFN3O2/c1-9(23)15-8-12-11(4-5-20-17(12)21-15)16(22-24)7-10-2-3-14(19)13(18)6-10/h2-6,9,23-24H,7-8H2,1H3/b22-16+. The highest BCUT2D eigenvalue weighted by atomic mass is 35.5. The van der Waals surface area contributed by atoms with Crippen LogP contribution in [0, 0.1) is 5.82 Å². The Morgan fingerprint density at radius 3 is 2.88 bits per heavy atom. The van der Waals surface area contributed by atoms with Crippen molar-refractivity contribution in [3.8, 4) is 0 Å². The summed E-state index contributed by atoms with van der Waals surface area (Å²) in [5.74, 6) is 0.0179. The Morgan fingerprint density at radius 2 is 2.21 bits per heavy atom. The monoisotopic (exact) mass is 347 g/mol. The molecule has 1 aliphatic rings. The molecule has 0 aliphatic carbocycles. The van der Waals surface area contributed by atoms with Gasteiger partial charge in [-0.25, -0.2) is 14.4 Å². The molecule has 124 valence electrons. The lowest BCUT2D eigenvalue weighted by Crippen LogP contribution is -2.17. The number of hydrogen-bond acceptors (Lipinski definition) is 5. The van der Waals surface area contributed by atoms with E-state index in [2.05, 4.69) is 15.1 Å². The first-order valence-electron chi connectivity index (χ1n) is 7.38. The van der Waals surface area contributed by atoms with Crippen LogP contribution in [-0.4, -0.2) is 32.8 Å². The molecule has 1 unspecified atom stereocenters. The molecule has 2 N–H and O–H groups in total. The molecule has 0 saturated carbocycles. The topological polar surface area (TPSA) is 78.1 Å². The third-order valence-corrected chi connectivity index (χ3v) is 4.20. The minimum atomic E-state index is -0.669. The van der Waals surface area contributed by atoms with Gasteiger partial charge in [-0.1, -0.05) is 22.8 Å². The molecule has 0 saturated heterocycles. The summed E-state index contributed by atoms with van der Waals surface area (Å²) in [4.78, 5) is 8.51. The van der Waals surface area contributed by atoms with Crippen LogP contribution >= 0.6 is 11.6 Å². The fourth-order valence-corrected chi connectivity index (χ4v) is 2.85. The van der Waals surface area contributed by atoms with E-state index >= 15 is 0 Å². The molecular formula is C17H15ClFN3O2. The quantitative estimate of drug-likeness (QED) is 0.506. The molecule has 1 aliphatic heterocycles. The Kier molecular flexibility index (Phi) is 4.59. The Bertz CT molecular complexity index is 850. The van der Waals surface area contributed by atoms with Crippen LogP contribution in [0.4, 0.5) is 10.2 Å². The predicted molar refractivity (Wildman–Crippen MR) is 90.2 cm³/mol. The number of benzene rings is 1. The summed E-state index contributed by atoms with van der Waals surface area (Å²) in [7, 11) is 0. The van der Waals surface area contributed by atoms with Crippen LogP contribution in [0.15, 0.2) is 40.6 Å². The molecule has 7 heteroatoms. The minimum Gasteiger partial charge on any atom is -0.411 e. The molecule has 5 nitrogen and oxygen atoms in total. The van der Waals surface area contributed by atoms with Crippen LogP contribution < -0.4 is 0 Å². The van der Waals surface area contributed by atoms with E-state index in [1.807, 2.05) is 0 Å². The smallest absolute Gasteiger partial charge is 0.156 e. The number of aliphatic hydroxyl groups is 1. The Hall–Kier alpha value is -2.31. The number of pyridine rings is 1. The van der Waals surface area contributed by atoms with Crippen molar-refractivity contribution in [1.29, 1.82) is 0 Å². The van der Waals surface area contributed by atoms with Crippen molar-refractivity contribution in [2.45, 2.75) is 25.9 Å². The Balaban J connectivity index is 1.92. The van der Waals surface area contributed by atoms with Crippen LogP contribution in [0.2, 0.25) is 5.02 Å². The van der Waals surface area contributed by atoms with E-state index in [0.29, 0.717) is 29.2 Å². The average molecular weight is 348 g/mol. The first kappa shape index (κ1) is 16.5. The van der Waals surface area contributed by atoms with Crippen LogP contribution in [0.25, 0.3) is 0 Å². The van der Waals surface area contributed by atoms with Gasteiger partial charge in [-0.3, -0.25) is 0 Å². The molecule has 0 spiro atoms. The lowest BCUT2D eigenvalue weighted by Gasteiger charge is -2.10. The zero-order chi connectivity index (χ0) is 17.3. The summed E-state index contributed by atoms with van der Waals surface area (Å²) >= 11 is 5.80. The van der Waals surface area contributed by atoms with E-state index < -0.39 is 11.9 Å². The number of oxime groups is 1. The second-order valence-electron chi connectivity index (χ2n) is 5.59. The van der Waals surface area contributed by atoms with Crippen LogP contribution in [0.5, 0.6) is 0 Å². The van der Waals surface area contributed by atoms with Gasteiger partial charge in [0.25, 0.3) is 0 Å². The molecule has 2 aromatic rings. The summed E-state index contributed by atoms with van der Waals surface area (Å²) in [6, 6.07) is 6.10. The van der Waals surface area contributed by atoms with E-state index in [1.165, 1.54) is 12.1 Å². The first-order chi connectivity index (χ1) is 11.5. The van der Waals surface area contributed by atoms with Crippen molar-refractivity contribution < 1.29 is 14.7 Å². The maximum absolute atomic E-state index is 13.3. The average Bonchev–Trinajstić information content (AvgIpc) is 3.00. The van der Waals surface area contributed by atoms with Gasteiger partial charge in [0, 0.05) is 30.2 Å². The van der Waals surface area contributed by atoms with Gasteiger partial charge in [0.1, 0.15) is 5.82 Å². The van der Waals surface area contributed by atoms with Gasteiger partial charge in [0.05, 0.1) is 22.5 Å². The maximum Gasteiger partial charge on any atom is 0.156 e. The van der Waals surface area contributed by atoms with E-state index in [9.17, 15) is 14.7 Å². The zero-order valence-corrected chi connectivity index (χ0v) is 13.6. The summed E-state index contributed by atoms with van der Waals surface area (Å²) in [6.45, 7) is 1.64. The van der Waals surface area contributed by atoms with Crippen molar-refractivity contribution in [2.24, 2.45) is 10.1 Å². The van der Waals surface area contributed by atoms with Gasteiger partial charge in [-0.2, -0.15) is 0 Å². The lowest BCUT2D eigenvalue weighted by molar-refractivity contribution is 0.261. The van der Waals surface area contributed by atoms with Crippen LogP contribution in [0.1, 0.15) is 23.6 Å². The molecule has 0 amide bonds. The highest BCUT2D eigenvalue weighted by Gasteiger charge is 2.24. The predicted octanol–water partition coefficient (Wildman–Crippen LogP) is 3.30. The van der Waals surface area contributed by atoms with Crippen molar-refractivity contribution in [3.63, 3.8) is 0 Å². The Labute approximate surface area is 143 Å². The molecule has 1 atom stereocenters. The summed E-state index contributed by atoms with van der Waals surface area (Å²) < 4.78 is 13.3. The molecule has 1 aromatic carbocycles. The number of fused-ring (bicyclic) bond motifs is 1. The van der Waals surface area contributed by atoms with E-state index in [1.54, 1.807) is 25.3 Å². The van der Waals surface area contributed by atoms with Crippen molar-refractivity contribution >= 4 is 28.8 Å². The first-order valence-corrected chi connectivity index (χ1v) is 7.76. The maximum atomic E-state index is 13.3. The highest BCUT2D eigenvalue weighted by Crippen LogP contribution is 2.29. The molecular weight excluding hydrogens is 333 g/mol. The van der Waals surface area contributed by atoms with E-state index in [0.717, 1.165) is 11.1 Å². The number of halogens is 2. The van der Waals surface area contributed by atoms with E-state index in [-0.39, 0.29) is 11.4 Å². The number of nitrogens with zero attached hydrogens (tertiary/aromatic N) is 3. The molecule has 2 heterocycles. The van der Waals surface area contributed by atoms with Crippen LogP contribution in [0.3, 0.4) is 0 Å². The minimum absolute atomic E-state index is 0.0180. The largest absolute Gasteiger partial charge is 0.411 e. The van der Waals surface area contributed by atoms with Crippen LogP contribution in [-0.2, 0) is 12.8 Å². The molecule has 0 fully saturated rings. The number of aliphatic hydroxyl groups excluding tert-OH is 1. The fourth-order valence-electron chi connectivity index (χ4n) is 2.65. The second-order valence-corrected chi connectivity index (χ2v) is 6.00. The van der Waals surface area contributed by atoms with Crippen molar-refractivity contribution in [3.05, 3.63) is 58.0 Å². The summed E-state index contributed by atoms with van der Waals surface area (Å²) in [6.07, 6.45) is 1.62. The second kappa shape index (κ2) is 6.67. The summed E-state index contributed by atoms with van der Waals surface area (Å²) in [5.41, 5.74) is 3.23. The van der Waals surface area contributed by atoms with Gasteiger partial charge >= 0.3 is 0 Å². The zero-order valence-electron chi connectivity index (χ0n) is 12.9. The number of aromatic nitrogens is 1. The molecule has 1 aromatic heterocycles. The third kappa shape index (κ3) is 3.16. The SMILES string of the molecule is CC(O)C1=Nc2nccc(/C(Cc3ccc(F)c(Cl)c3)=N/O)c2C1. The van der Waals surface area contributed by atoms with Gasteiger partial charge in [-0.05, 0) is 30.7 Å². The van der Waals surface area contributed by atoms with Gasteiger partial charge in [0.2, 0.25) is 0 Å². The third-order valence-electron chi connectivity index (χ3n) is 3.91. The number of hydrogen-bond donors (Lipinski definition) is 2. The van der Waals surface area contributed by atoms with Crippen molar-refractivity contribution in [1.82, 2.24) is 4.98 Å². The van der Waals surface area contributed by atoms with Gasteiger partial charge < -0.3 is 10.3 Å². The normalized spacial score (nSPS) is 15.2. The number of rotatable bonds is 4.